The number of esters is 1. The lowest BCUT2D eigenvalue weighted by molar-refractivity contribution is -0.149. The fourth-order valence-electron chi connectivity index (χ4n) is 8.34. The molecule has 0 heterocycles. The Labute approximate surface area is 170 Å². The molecule has 0 saturated heterocycles. The third-order valence-corrected chi connectivity index (χ3v) is 9.53. The summed E-state index contributed by atoms with van der Waals surface area (Å²) in [5.74, 6) is 3.25. The van der Waals surface area contributed by atoms with Crippen LogP contribution in [0.15, 0.2) is 11.6 Å². The molecule has 0 bridgehead atoms. The van der Waals surface area contributed by atoms with Crippen LogP contribution in [0.4, 0.5) is 0 Å². The highest BCUT2D eigenvalue weighted by molar-refractivity contribution is 5.80. The van der Waals surface area contributed by atoms with E-state index in [0.29, 0.717) is 17.6 Å². The number of carbonyl (C=O) groups excluding carboxylic acids is 2. The van der Waals surface area contributed by atoms with Crippen LogP contribution < -0.4 is 0 Å². The minimum Gasteiger partial charge on any atom is -0.462 e. The number of allylic oxidation sites excluding steroid dienone is 1. The second-order valence-electron chi connectivity index (χ2n) is 10.8. The fraction of sp³-hybridized carbons (Fsp3) is 0.840. The Balaban J connectivity index is 1.61. The molecular formula is C25H38O3. The molecule has 3 heteroatoms. The summed E-state index contributed by atoms with van der Waals surface area (Å²) in [7, 11) is 0. The van der Waals surface area contributed by atoms with Gasteiger partial charge in [-0.3, -0.25) is 9.59 Å². The van der Waals surface area contributed by atoms with Gasteiger partial charge in [0.1, 0.15) is 11.9 Å². The van der Waals surface area contributed by atoms with Crippen molar-refractivity contribution in [3.8, 4) is 0 Å². The number of hydrogen-bond acceptors (Lipinski definition) is 3. The summed E-state index contributed by atoms with van der Waals surface area (Å²) in [5.41, 5.74) is 2.00. The highest BCUT2D eigenvalue weighted by Crippen LogP contribution is 2.67. The van der Waals surface area contributed by atoms with Crippen molar-refractivity contribution in [3.05, 3.63) is 11.6 Å². The smallest absolute Gasteiger partial charge is 0.302 e. The van der Waals surface area contributed by atoms with Gasteiger partial charge < -0.3 is 4.74 Å². The number of ether oxygens (including phenoxy) is 1. The van der Waals surface area contributed by atoms with Gasteiger partial charge in [0.2, 0.25) is 0 Å². The molecule has 4 aliphatic carbocycles. The van der Waals surface area contributed by atoms with Crippen molar-refractivity contribution in [1.29, 1.82) is 0 Å². The number of hydrogen-bond donors (Lipinski definition) is 0. The van der Waals surface area contributed by atoms with Gasteiger partial charge in [0, 0.05) is 19.3 Å². The first-order valence-corrected chi connectivity index (χ1v) is 11.6. The lowest BCUT2D eigenvalue weighted by Gasteiger charge is -2.58. The largest absolute Gasteiger partial charge is 0.462 e. The van der Waals surface area contributed by atoms with Crippen LogP contribution >= 0.6 is 0 Å². The zero-order valence-electron chi connectivity index (χ0n) is 18.4. The number of fused-ring (bicyclic) bond motifs is 5. The molecule has 28 heavy (non-hydrogen) atoms. The molecular weight excluding hydrogens is 348 g/mol. The van der Waals surface area contributed by atoms with E-state index in [4.69, 9.17) is 4.74 Å². The molecule has 0 spiro atoms. The number of carbonyl (C=O) groups is 2. The molecule has 0 radical (unpaired) electrons. The van der Waals surface area contributed by atoms with Crippen molar-refractivity contribution < 1.29 is 14.3 Å². The lowest BCUT2D eigenvalue weighted by atomic mass is 9.47. The maximum Gasteiger partial charge on any atom is 0.302 e. The van der Waals surface area contributed by atoms with Crippen LogP contribution in [0.1, 0.15) is 86.0 Å². The molecule has 0 aromatic heterocycles. The van der Waals surface area contributed by atoms with Crippen LogP contribution in [-0.2, 0) is 14.3 Å². The van der Waals surface area contributed by atoms with E-state index in [1.807, 2.05) is 6.92 Å². The third kappa shape index (κ3) is 2.91. The number of rotatable bonds is 3. The van der Waals surface area contributed by atoms with Crippen LogP contribution in [0.3, 0.4) is 0 Å². The second-order valence-corrected chi connectivity index (χ2v) is 10.8. The quantitative estimate of drug-likeness (QED) is 0.460. The highest BCUT2D eigenvalue weighted by atomic mass is 16.5. The summed E-state index contributed by atoms with van der Waals surface area (Å²) in [6, 6.07) is 0. The van der Waals surface area contributed by atoms with Crippen LogP contribution in [-0.4, -0.2) is 17.9 Å². The van der Waals surface area contributed by atoms with E-state index < -0.39 is 0 Å². The summed E-state index contributed by atoms with van der Waals surface area (Å²) in [6.07, 6.45) is 11.6. The van der Waals surface area contributed by atoms with Gasteiger partial charge in [-0.05, 0) is 80.0 Å². The first kappa shape index (κ1) is 20.2. The molecule has 4 rings (SSSR count). The third-order valence-electron chi connectivity index (χ3n) is 9.53. The van der Waals surface area contributed by atoms with Crippen molar-refractivity contribution in [1.82, 2.24) is 0 Å². The van der Waals surface area contributed by atoms with E-state index in [9.17, 15) is 9.59 Å². The van der Waals surface area contributed by atoms with Crippen LogP contribution in [0.2, 0.25) is 0 Å². The molecule has 5 unspecified atom stereocenters. The topological polar surface area (TPSA) is 43.4 Å². The highest BCUT2D eigenvalue weighted by Gasteiger charge is 2.61. The summed E-state index contributed by atoms with van der Waals surface area (Å²) >= 11 is 0. The van der Waals surface area contributed by atoms with E-state index in [-0.39, 0.29) is 28.8 Å². The maximum atomic E-state index is 12.6. The van der Waals surface area contributed by atoms with Crippen LogP contribution in [0.5, 0.6) is 0 Å². The van der Waals surface area contributed by atoms with Gasteiger partial charge >= 0.3 is 5.97 Å². The molecule has 0 aliphatic heterocycles. The zero-order valence-corrected chi connectivity index (χ0v) is 18.4. The first-order valence-electron chi connectivity index (χ1n) is 11.6. The summed E-state index contributed by atoms with van der Waals surface area (Å²) < 4.78 is 5.56. The zero-order chi connectivity index (χ0) is 20.3. The van der Waals surface area contributed by atoms with Gasteiger partial charge in [0.25, 0.3) is 0 Å². The van der Waals surface area contributed by atoms with Gasteiger partial charge in [-0.25, -0.2) is 0 Å². The molecule has 0 amide bonds. The molecule has 0 aromatic rings. The second kappa shape index (κ2) is 6.99. The molecule has 0 N–H and O–H groups in total. The molecule has 3 saturated carbocycles. The normalized spacial score (nSPS) is 47.4. The van der Waals surface area contributed by atoms with Crippen molar-refractivity contribution in [2.24, 2.45) is 40.4 Å². The van der Waals surface area contributed by atoms with Crippen molar-refractivity contribution in [3.63, 3.8) is 0 Å². The fourth-order valence-corrected chi connectivity index (χ4v) is 8.34. The minimum absolute atomic E-state index is 0.0697. The van der Waals surface area contributed by atoms with E-state index in [1.54, 1.807) is 5.57 Å². The Morgan fingerprint density at radius 1 is 1.14 bits per heavy atom. The molecule has 8 atom stereocenters. The SMILES string of the molecule is CC[C@@H]1CC2C3CC=C4CC(OC(C)=O)CC[C@]4(C)C3CC[C@]2(C)C1C(C)=O. The number of Topliss-reactive ketones (excluding diaryl/α,β-unsaturated/α-hetero) is 1. The van der Waals surface area contributed by atoms with Crippen molar-refractivity contribution in [2.75, 3.05) is 0 Å². The average molecular weight is 387 g/mol. The van der Waals surface area contributed by atoms with E-state index in [0.717, 1.165) is 43.9 Å². The van der Waals surface area contributed by atoms with E-state index >= 15 is 0 Å². The Morgan fingerprint density at radius 3 is 2.54 bits per heavy atom. The Bertz CT molecular complexity index is 694. The molecule has 4 aliphatic rings. The summed E-state index contributed by atoms with van der Waals surface area (Å²) in [6.45, 7) is 10.6. The predicted octanol–water partition coefficient (Wildman–Crippen LogP) is 5.72. The summed E-state index contributed by atoms with van der Waals surface area (Å²) in [5, 5.41) is 0. The summed E-state index contributed by atoms with van der Waals surface area (Å²) in [4.78, 5) is 24.0. The van der Waals surface area contributed by atoms with Crippen LogP contribution in [0.25, 0.3) is 0 Å². The van der Waals surface area contributed by atoms with Gasteiger partial charge in [0.15, 0.2) is 0 Å². The van der Waals surface area contributed by atoms with Gasteiger partial charge in [-0.2, -0.15) is 0 Å². The monoisotopic (exact) mass is 386 g/mol. The van der Waals surface area contributed by atoms with Gasteiger partial charge in [0.05, 0.1) is 0 Å². The lowest BCUT2D eigenvalue weighted by Crippen LogP contribution is -2.51. The molecule has 3 nitrogen and oxygen atoms in total. The maximum absolute atomic E-state index is 12.6. The standard InChI is InChI=1S/C25H38O3/c1-6-17-13-22-20-8-7-18-14-19(28-16(3)27)9-11-24(18,4)21(20)10-12-25(22,5)23(17)15(2)26/h7,17,19-23H,6,8-14H2,1-5H3/t17-,19?,20?,21?,22?,23?,24+,25+/m1/s1. The molecule has 3 fully saturated rings. The van der Waals surface area contributed by atoms with Crippen molar-refractivity contribution in [2.45, 2.75) is 92.1 Å². The molecule has 156 valence electrons. The first-order chi connectivity index (χ1) is 13.2. The minimum atomic E-state index is -0.150. The van der Waals surface area contributed by atoms with Gasteiger partial charge in [-0.15, -0.1) is 0 Å². The van der Waals surface area contributed by atoms with Gasteiger partial charge in [-0.1, -0.05) is 38.8 Å². The van der Waals surface area contributed by atoms with E-state index in [2.05, 4.69) is 26.8 Å². The van der Waals surface area contributed by atoms with Crippen molar-refractivity contribution >= 4 is 11.8 Å². The average Bonchev–Trinajstić information content (AvgIpc) is 2.94. The Hall–Kier alpha value is -1.12. The Kier molecular flexibility index (Phi) is 5.03. The Morgan fingerprint density at radius 2 is 1.89 bits per heavy atom. The molecule has 0 aromatic carbocycles. The number of ketones is 1. The van der Waals surface area contributed by atoms with Crippen LogP contribution in [0, 0.1) is 40.4 Å². The predicted molar refractivity (Wildman–Crippen MR) is 111 cm³/mol. The van der Waals surface area contributed by atoms with E-state index in [1.165, 1.54) is 26.2 Å².